The first-order valence-electron chi connectivity index (χ1n) is 5.99. The van der Waals surface area contributed by atoms with Crippen molar-refractivity contribution in [3.05, 3.63) is 40.4 Å². The first kappa shape index (κ1) is 13.5. The molecule has 0 saturated carbocycles. The van der Waals surface area contributed by atoms with Crippen LogP contribution in [-0.4, -0.2) is 23.2 Å². The summed E-state index contributed by atoms with van der Waals surface area (Å²) >= 11 is 1.24. The van der Waals surface area contributed by atoms with E-state index in [1.54, 1.807) is 7.05 Å². The topological polar surface area (TPSA) is 66.9 Å². The maximum Gasteiger partial charge on any atom is 0.282 e. The molecule has 2 rings (SSSR count). The number of benzene rings is 1. The monoisotopic (exact) mass is 276 g/mol. The van der Waals surface area contributed by atoms with Crippen molar-refractivity contribution >= 4 is 22.4 Å². The number of aromatic nitrogens is 2. The molecule has 1 unspecified atom stereocenters. The number of carbonyl (C=O) groups is 1. The number of nitrogens with one attached hydrogen (secondary N) is 2. The number of amides is 1. The molecule has 0 bridgehead atoms. The minimum Gasteiger partial charge on any atom is -0.363 e. The molecule has 0 saturated heterocycles. The van der Waals surface area contributed by atoms with Gasteiger partial charge in [-0.05, 0) is 25.0 Å². The molecule has 1 aromatic carbocycles. The third-order valence-electron chi connectivity index (χ3n) is 2.84. The zero-order valence-corrected chi connectivity index (χ0v) is 11.9. The van der Waals surface area contributed by atoms with Crippen molar-refractivity contribution in [2.24, 2.45) is 0 Å². The summed E-state index contributed by atoms with van der Waals surface area (Å²) in [5.41, 5.74) is 2.26. The van der Waals surface area contributed by atoms with Crippen LogP contribution in [0.2, 0.25) is 0 Å². The summed E-state index contributed by atoms with van der Waals surface area (Å²) in [6, 6.07) is 7.93. The second-order valence-electron chi connectivity index (χ2n) is 4.21. The average molecular weight is 276 g/mol. The molecule has 1 aromatic heterocycles. The molecular formula is C13H16N4OS. The van der Waals surface area contributed by atoms with E-state index in [0.29, 0.717) is 10.1 Å². The normalized spacial score (nSPS) is 11.9. The molecule has 0 aliphatic heterocycles. The molecule has 2 N–H and O–H groups in total. The van der Waals surface area contributed by atoms with Crippen molar-refractivity contribution in [3.63, 3.8) is 0 Å². The maximum absolute atomic E-state index is 12.0. The summed E-state index contributed by atoms with van der Waals surface area (Å²) < 4.78 is 0. The van der Waals surface area contributed by atoms with Gasteiger partial charge in [-0.3, -0.25) is 4.79 Å². The Kier molecular flexibility index (Phi) is 4.11. The second kappa shape index (κ2) is 5.79. The molecule has 1 atom stereocenters. The van der Waals surface area contributed by atoms with Gasteiger partial charge in [0.05, 0.1) is 6.04 Å². The van der Waals surface area contributed by atoms with Gasteiger partial charge in [0, 0.05) is 7.05 Å². The fourth-order valence-corrected chi connectivity index (χ4v) is 2.42. The van der Waals surface area contributed by atoms with Gasteiger partial charge in [-0.2, -0.15) is 0 Å². The van der Waals surface area contributed by atoms with Gasteiger partial charge in [-0.1, -0.05) is 35.6 Å². The van der Waals surface area contributed by atoms with Crippen LogP contribution in [0.3, 0.4) is 0 Å². The number of rotatable bonds is 4. The highest BCUT2D eigenvalue weighted by Crippen LogP contribution is 2.19. The largest absolute Gasteiger partial charge is 0.363 e. The molecule has 1 heterocycles. The van der Waals surface area contributed by atoms with Gasteiger partial charge in [-0.25, -0.2) is 0 Å². The zero-order valence-electron chi connectivity index (χ0n) is 11.1. The molecule has 6 heteroatoms. The number of carbonyl (C=O) groups excluding carboxylic acids is 1. The Labute approximate surface area is 116 Å². The number of anilines is 1. The van der Waals surface area contributed by atoms with E-state index in [4.69, 9.17) is 0 Å². The Morgan fingerprint density at radius 3 is 2.68 bits per heavy atom. The SMILES string of the molecule is CNc1nnc(C(=O)NC(C)c2ccccc2C)s1. The summed E-state index contributed by atoms with van der Waals surface area (Å²) in [6.07, 6.45) is 0. The third-order valence-corrected chi connectivity index (χ3v) is 3.78. The second-order valence-corrected chi connectivity index (χ2v) is 5.19. The number of nitrogens with zero attached hydrogens (tertiary/aromatic N) is 2. The van der Waals surface area contributed by atoms with Crippen LogP contribution < -0.4 is 10.6 Å². The van der Waals surface area contributed by atoms with Gasteiger partial charge in [-0.15, -0.1) is 10.2 Å². The van der Waals surface area contributed by atoms with E-state index in [0.717, 1.165) is 11.1 Å². The minimum absolute atomic E-state index is 0.0596. The van der Waals surface area contributed by atoms with Crippen LogP contribution >= 0.6 is 11.3 Å². The van der Waals surface area contributed by atoms with Crippen LogP contribution in [0.1, 0.15) is 33.9 Å². The van der Waals surface area contributed by atoms with Crippen LogP contribution in [-0.2, 0) is 0 Å². The molecule has 0 fully saturated rings. The van der Waals surface area contributed by atoms with Crippen molar-refractivity contribution in [2.45, 2.75) is 19.9 Å². The molecule has 2 aromatic rings. The number of hydrogen-bond donors (Lipinski definition) is 2. The Bertz CT molecular complexity index is 582. The molecule has 100 valence electrons. The summed E-state index contributed by atoms with van der Waals surface area (Å²) in [4.78, 5) is 12.0. The highest BCUT2D eigenvalue weighted by molar-refractivity contribution is 7.17. The van der Waals surface area contributed by atoms with E-state index in [1.807, 2.05) is 38.1 Å². The smallest absolute Gasteiger partial charge is 0.282 e. The van der Waals surface area contributed by atoms with E-state index in [2.05, 4.69) is 20.8 Å². The van der Waals surface area contributed by atoms with Crippen LogP contribution in [0.15, 0.2) is 24.3 Å². The van der Waals surface area contributed by atoms with E-state index in [-0.39, 0.29) is 11.9 Å². The van der Waals surface area contributed by atoms with Gasteiger partial charge in [0.25, 0.3) is 5.91 Å². The molecule has 0 aliphatic carbocycles. The van der Waals surface area contributed by atoms with Gasteiger partial charge in [0.2, 0.25) is 10.1 Å². The van der Waals surface area contributed by atoms with Crippen LogP contribution in [0, 0.1) is 6.92 Å². The molecule has 0 spiro atoms. The molecule has 19 heavy (non-hydrogen) atoms. The van der Waals surface area contributed by atoms with Crippen LogP contribution in [0.25, 0.3) is 0 Å². The lowest BCUT2D eigenvalue weighted by Crippen LogP contribution is -2.27. The minimum atomic E-state index is -0.199. The quantitative estimate of drug-likeness (QED) is 0.899. The fourth-order valence-electron chi connectivity index (χ4n) is 1.82. The zero-order chi connectivity index (χ0) is 13.8. The first-order valence-corrected chi connectivity index (χ1v) is 6.81. The lowest BCUT2D eigenvalue weighted by atomic mass is 10.0. The Hall–Kier alpha value is -1.95. The van der Waals surface area contributed by atoms with Crippen molar-refractivity contribution in [3.8, 4) is 0 Å². The molecule has 0 aliphatic rings. The third kappa shape index (κ3) is 3.08. The van der Waals surface area contributed by atoms with Crippen LogP contribution in [0.4, 0.5) is 5.13 Å². The van der Waals surface area contributed by atoms with Crippen molar-refractivity contribution in [1.82, 2.24) is 15.5 Å². The molecule has 0 radical (unpaired) electrons. The maximum atomic E-state index is 12.0. The van der Waals surface area contributed by atoms with Gasteiger partial charge >= 0.3 is 0 Å². The van der Waals surface area contributed by atoms with E-state index in [9.17, 15) is 4.79 Å². The lowest BCUT2D eigenvalue weighted by molar-refractivity contribution is 0.0938. The fraction of sp³-hybridized carbons (Fsp3) is 0.308. The van der Waals surface area contributed by atoms with E-state index >= 15 is 0 Å². The highest BCUT2D eigenvalue weighted by Gasteiger charge is 2.16. The molecular weight excluding hydrogens is 260 g/mol. The predicted molar refractivity (Wildman–Crippen MR) is 76.5 cm³/mol. The lowest BCUT2D eigenvalue weighted by Gasteiger charge is -2.15. The van der Waals surface area contributed by atoms with Gasteiger partial charge < -0.3 is 10.6 Å². The Morgan fingerprint density at radius 2 is 2.05 bits per heavy atom. The Morgan fingerprint density at radius 1 is 1.32 bits per heavy atom. The van der Waals surface area contributed by atoms with Crippen LogP contribution in [0.5, 0.6) is 0 Å². The van der Waals surface area contributed by atoms with E-state index in [1.165, 1.54) is 11.3 Å². The average Bonchev–Trinajstić information content (AvgIpc) is 2.88. The standard InChI is InChI=1S/C13H16N4OS/c1-8-6-4-5-7-10(8)9(2)15-11(18)12-16-17-13(14-3)19-12/h4-7,9H,1-3H3,(H,14,17)(H,15,18). The van der Waals surface area contributed by atoms with Gasteiger partial charge in [0.1, 0.15) is 0 Å². The first-order chi connectivity index (χ1) is 9.11. The van der Waals surface area contributed by atoms with Crippen molar-refractivity contribution in [2.75, 3.05) is 12.4 Å². The Balaban J connectivity index is 2.08. The van der Waals surface area contributed by atoms with Crippen molar-refractivity contribution < 1.29 is 4.79 Å². The summed E-state index contributed by atoms with van der Waals surface area (Å²) in [5, 5.41) is 14.5. The molecule has 5 nitrogen and oxygen atoms in total. The predicted octanol–water partition coefficient (Wildman–Crippen LogP) is 2.38. The number of hydrogen-bond acceptors (Lipinski definition) is 5. The number of aryl methyl sites for hydroxylation is 1. The van der Waals surface area contributed by atoms with E-state index < -0.39 is 0 Å². The van der Waals surface area contributed by atoms with Gasteiger partial charge in [0.15, 0.2) is 0 Å². The summed E-state index contributed by atoms with van der Waals surface area (Å²) in [7, 11) is 1.75. The van der Waals surface area contributed by atoms with Crippen molar-refractivity contribution in [1.29, 1.82) is 0 Å². The summed E-state index contributed by atoms with van der Waals surface area (Å²) in [5.74, 6) is -0.199. The molecule has 1 amide bonds. The summed E-state index contributed by atoms with van der Waals surface area (Å²) in [6.45, 7) is 3.99. The highest BCUT2D eigenvalue weighted by atomic mass is 32.1.